The zero-order valence-corrected chi connectivity index (χ0v) is 10.6. The molecule has 1 aromatic rings. The highest BCUT2D eigenvalue weighted by Crippen LogP contribution is 2.38. The van der Waals surface area contributed by atoms with Crippen LogP contribution in [0.1, 0.15) is 19.4 Å². The van der Waals surface area contributed by atoms with Crippen molar-refractivity contribution in [1.82, 2.24) is 0 Å². The lowest BCUT2D eigenvalue weighted by molar-refractivity contribution is 0.218. The fraction of sp³-hybridized carbons (Fsp3) is 0.455. The molecule has 0 atom stereocenters. The number of halogens is 1. The minimum atomic E-state index is -0.358. The van der Waals surface area contributed by atoms with Crippen LogP contribution in [0.2, 0.25) is 0 Å². The molecule has 84 valence electrons. The Balaban J connectivity index is 3.28. The lowest BCUT2D eigenvalue weighted by Crippen LogP contribution is -2.22. The average Bonchev–Trinajstić information content (AvgIpc) is 2.21. The molecule has 0 fully saturated rings. The van der Waals surface area contributed by atoms with E-state index in [1.54, 1.807) is 12.1 Å². The van der Waals surface area contributed by atoms with E-state index in [9.17, 15) is 10.2 Å². The van der Waals surface area contributed by atoms with Crippen molar-refractivity contribution in [3.63, 3.8) is 0 Å². The molecule has 0 aliphatic rings. The monoisotopic (exact) mass is 274 g/mol. The fourth-order valence-electron chi connectivity index (χ4n) is 1.21. The van der Waals surface area contributed by atoms with Gasteiger partial charge in [-0.25, -0.2) is 0 Å². The van der Waals surface area contributed by atoms with Gasteiger partial charge in [0, 0.05) is 5.41 Å². The number of aliphatic hydroxyl groups excluding tert-OH is 1. The van der Waals surface area contributed by atoms with Crippen molar-refractivity contribution in [2.45, 2.75) is 19.3 Å². The standard InChI is InChI=1S/C11H15BrO3/c1-11(2,6-13)7-4-8(12)10(14)9(5-7)15-3/h4-5,13-14H,6H2,1-3H3. The van der Waals surface area contributed by atoms with Gasteiger partial charge >= 0.3 is 0 Å². The van der Waals surface area contributed by atoms with Crippen molar-refractivity contribution >= 4 is 15.9 Å². The summed E-state index contributed by atoms with van der Waals surface area (Å²) in [5, 5.41) is 18.9. The summed E-state index contributed by atoms with van der Waals surface area (Å²) < 4.78 is 5.61. The number of aromatic hydroxyl groups is 1. The highest BCUT2D eigenvalue weighted by Gasteiger charge is 2.22. The van der Waals surface area contributed by atoms with Gasteiger partial charge in [-0.3, -0.25) is 0 Å². The van der Waals surface area contributed by atoms with Gasteiger partial charge in [-0.1, -0.05) is 13.8 Å². The van der Waals surface area contributed by atoms with E-state index in [2.05, 4.69) is 15.9 Å². The molecule has 0 aromatic heterocycles. The Hall–Kier alpha value is -0.740. The summed E-state index contributed by atoms with van der Waals surface area (Å²) in [7, 11) is 1.50. The van der Waals surface area contributed by atoms with Gasteiger partial charge in [0.2, 0.25) is 0 Å². The number of phenols is 1. The van der Waals surface area contributed by atoms with Gasteiger partial charge in [0.1, 0.15) is 0 Å². The zero-order chi connectivity index (χ0) is 11.6. The Bertz CT molecular complexity index is 361. The Morgan fingerprint density at radius 1 is 1.40 bits per heavy atom. The molecular formula is C11H15BrO3. The first-order chi connectivity index (χ1) is 6.92. The number of aliphatic hydroxyl groups is 1. The summed E-state index contributed by atoms with van der Waals surface area (Å²) in [6.07, 6.45) is 0. The SMILES string of the molecule is COc1cc(C(C)(C)CO)cc(Br)c1O. The zero-order valence-electron chi connectivity index (χ0n) is 9.04. The van der Waals surface area contributed by atoms with Crippen molar-refractivity contribution in [3.05, 3.63) is 22.2 Å². The number of methoxy groups -OCH3 is 1. The van der Waals surface area contributed by atoms with Crippen LogP contribution in [0.5, 0.6) is 11.5 Å². The van der Waals surface area contributed by atoms with E-state index < -0.39 is 0 Å². The molecule has 15 heavy (non-hydrogen) atoms. The molecule has 1 aromatic carbocycles. The van der Waals surface area contributed by atoms with Gasteiger partial charge in [-0.15, -0.1) is 0 Å². The molecule has 0 unspecified atom stereocenters. The van der Waals surface area contributed by atoms with Crippen molar-refractivity contribution in [1.29, 1.82) is 0 Å². The minimum Gasteiger partial charge on any atom is -0.503 e. The van der Waals surface area contributed by atoms with Gasteiger partial charge in [-0.05, 0) is 33.6 Å². The van der Waals surface area contributed by atoms with Crippen molar-refractivity contribution in [2.75, 3.05) is 13.7 Å². The van der Waals surface area contributed by atoms with Gasteiger partial charge in [0.25, 0.3) is 0 Å². The second-order valence-electron chi connectivity index (χ2n) is 4.05. The third kappa shape index (κ3) is 2.44. The lowest BCUT2D eigenvalue weighted by atomic mass is 9.85. The summed E-state index contributed by atoms with van der Waals surface area (Å²) in [6.45, 7) is 3.88. The first-order valence-corrected chi connectivity index (χ1v) is 5.39. The topological polar surface area (TPSA) is 49.7 Å². The molecule has 0 saturated carbocycles. The minimum absolute atomic E-state index is 0.0351. The highest BCUT2D eigenvalue weighted by molar-refractivity contribution is 9.10. The Kier molecular flexibility index (Phi) is 3.62. The summed E-state index contributed by atoms with van der Waals surface area (Å²) >= 11 is 3.25. The summed E-state index contributed by atoms with van der Waals surface area (Å²) in [4.78, 5) is 0. The van der Waals surface area contributed by atoms with Crippen LogP contribution in [0.4, 0.5) is 0 Å². The molecule has 0 radical (unpaired) electrons. The molecular weight excluding hydrogens is 260 g/mol. The molecule has 2 N–H and O–H groups in total. The predicted octanol–water partition coefficient (Wildman–Crippen LogP) is 2.43. The molecule has 1 rings (SSSR count). The quantitative estimate of drug-likeness (QED) is 0.890. The second kappa shape index (κ2) is 4.41. The number of rotatable bonds is 3. The van der Waals surface area contributed by atoms with Crippen LogP contribution in [0.3, 0.4) is 0 Å². The number of phenolic OH excluding ortho intramolecular Hbond substituents is 1. The van der Waals surface area contributed by atoms with Crippen LogP contribution in [0, 0.1) is 0 Å². The third-order valence-electron chi connectivity index (χ3n) is 2.43. The molecule has 0 bridgehead atoms. The van der Waals surface area contributed by atoms with E-state index in [0.717, 1.165) is 5.56 Å². The summed E-state index contributed by atoms with van der Waals surface area (Å²) in [5.74, 6) is 0.482. The van der Waals surface area contributed by atoms with Crippen LogP contribution >= 0.6 is 15.9 Å². The van der Waals surface area contributed by atoms with Crippen molar-refractivity contribution in [3.8, 4) is 11.5 Å². The van der Waals surface area contributed by atoms with Crippen LogP contribution in [0.25, 0.3) is 0 Å². The van der Waals surface area contributed by atoms with Gasteiger partial charge in [-0.2, -0.15) is 0 Å². The van der Waals surface area contributed by atoms with E-state index >= 15 is 0 Å². The third-order valence-corrected chi connectivity index (χ3v) is 3.03. The largest absolute Gasteiger partial charge is 0.503 e. The van der Waals surface area contributed by atoms with E-state index in [1.807, 2.05) is 13.8 Å². The number of hydrogen-bond acceptors (Lipinski definition) is 3. The molecule has 0 heterocycles. The number of ether oxygens (including phenoxy) is 1. The maximum absolute atomic E-state index is 9.63. The van der Waals surface area contributed by atoms with Gasteiger partial charge < -0.3 is 14.9 Å². The van der Waals surface area contributed by atoms with Crippen LogP contribution in [-0.2, 0) is 5.41 Å². The normalized spacial score (nSPS) is 11.5. The van der Waals surface area contributed by atoms with E-state index in [-0.39, 0.29) is 17.8 Å². The molecule has 0 saturated heterocycles. The average molecular weight is 275 g/mol. The fourth-order valence-corrected chi connectivity index (χ4v) is 1.65. The van der Waals surface area contributed by atoms with Gasteiger partial charge in [0.15, 0.2) is 11.5 Å². The Morgan fingerprint density at radius 3 is 2.47 bits per heavy atom. The summed E-state index contributed by atoms with van der Waals surface area (Å²) in [5.41, 5.74) is 0.551. The molecule has 0 spiro atoms. The number of benzene rings is 1. The van der Waals surface area contributed by atoms with Crippen LogP contribution in [-0.4, -0.2) is 23.9 Å². The summed E-state index contributed by atoms with van der Waals surface area (Å²) in [6, 6.07) is 3.52. The van der Waals surface area contributed by atoms with Crippen LogP contribution < -0.4 is 4.74 Å². The number of hydrogen-bond donors (Lipinski definition) is 2. The molecule has 4 heteroatoms. The first-order valence-electron chi connectivity index (χ1n) is 4.60. The first kappa shape index (κ1) is 12.3. The van der Waals surface area contributed by atoms with Crippen molar-refractivity contribution < 1.29 is 14.9 Å². The Morgan fingerprint density at radius 2 is 2.00 bits per heavy atom. The maximum atomic E-state index is 9.63. The Labute approximate surface area is 97.8 Å². The lowest BCUT2D eigenvalue weighted by Gasteiger charge is -2.23. The maximum Gasteiger partial charge on any atom is 0.172 e. The molecule has 0 amide bonds. The predicted molar refractivity (Wildman–Crippen MR) is 62.5 cm³/mol. The van der Waals surface area contributed by atoms with E-state index in [1.165, 1.54) is 7.11 Å². The molecule has 3 nitrogen and oxygen atoms in total. The molecule has 0 aliphatic heterocycles. The van der Waals surface area contributed by atoms with Crippen molar-refractivity contribution in [2.24, 2.45) is 0 Å². The van der Waals surface area contributed by atoms with E-state index in [4.69, 9.17) is 4.74 Å². The van der Waals surface area contributed by atoms with Gasteiger partial charge in [0.05, 0.1) is 18.2 Å². The van der Waals surface area contributed by atoms with Crippen LogP contribution in [0.15, 0.2) is 16.6 Å². The highest BCUT2D eigenvalue weighted by atomic mass is 79.9. The smallest absolute Gasteiger partial charge is 0.172 e. The molecule has 0 aliphatic carbocycles. The van der Waals surface area contributed by atoms with E-state index in [0.29, 0.717) is 10.2 Å². The second-order valence-corrected chi connectivity index (χ2v) is 4.91.